The molecule has 0 heterocycles. The monoisotopic (exact) mass is 278 g/mol. The van der Waals surface area contributed by atoms with Crippen LogP contribution in [0.5, 0.6) is 0 Å². The number of hydrogen-bond donors (Lipinski definition) is 1. The summed E-state index contributed by atoms with van der Waals surface area (Å²) < 4.78 is 26.4. The fourth-order valence-electron chi connectivity index (χ4n) is 2.09. The summed E-state index contributed by atoms with van der Waals surface area (Å²) in [7, 11) is -1.95. The van der Waals surface area contributed by atoms with E-state index < -0.39 is 10.0 Å². The van der Waals surface area contributed by atoms with E-state index in [2.05, 4.69) is 0 Å². The number of hydrogen-bond acceptors (Lipinski definition) is 3. The van der Waals surface area contributed by atoms with E-state index in [1.807, 2.05) is 30.3 Å². The zero-order valence-electron chi connectivity index (χ0n) is 11.1. The van der Waals surface area contributed by atoms with Gasteiger partial charge in [0.25, 0.3) is 0 Å². The predicted molar refractivity (Wildman–Crippen MR) is 77.4 cm³/mol. The van der Waals surface area contributed by atoms with Gasteiger partial charge < -0.3 is 5.73 Å². The summed E-state index contributed by atoms with van der Waals surface area (Å²) in [4.78, 5) is 0.328. The molecule has 0 bridgehead atoms. The minimum Gasteiger partial charge on any atom is -0.327 e. The summed E-state index contributed by atoms with van der Waals surface area (Å²) in [5.41, 5.74) is 5.67. The number of benzene rings is 2. The smallest absolute Gasteiger partial charge is 0.243 e. The summed E-state index contributed by atoms with van der Waals surface area (Å²) in [6, 6.07) is 12.6. The average molecular weight is 278 g/mol. The minimum absolute atomic E-state index is 0.199. The van der Waals surface area contributed by atoms with E-state index >= 15 is 0 Å². The van der Waals surface area contributed by atoms with E-state index in [4.69, 9.17) is 5.73 Å². The van der Waals surface area contributed by atoms with Gasteiger partial charge in [-0.2, -0.15) is 4.31 Å². The van der Waals surface area contributed by atoms with Crippen molar-refractivity contribution in [1.82, 2.24) is 4.31 Å². The van der Waals surface area contributed by atoms with E-state index in [1.165, 1.54) is 4.31 Å². The van der Waals surface area contributed by atoms with Gasteiger partial charge in [0.2, 0.25) is 10.0 Å². The van der Waals surface area contributed by atoms with Crippen LogP contribution in [0.25, 0.3) is 10.8 Å². The number of sulfonamides is 1. The Morgan fingerprint density at radius 2 is 1.79 bits per heavy atom. The van der Waals surface area contributed by atoms with E-state index in [0.717, 1.165) is 10.8 Å². The summed E-state index contributed by atoms with van der Waals surface area (Å²) in [5.74, 6) is 0. The molecule has 0 aromatic heterocycles. The molecule has 2 N–H and O–H groups in total. The molecule has 0 aliphatic heterocycles. The molecule has 0 fully saturated rings. The molecule has 0 aliphatic rings. The van der Waals surface area contributed by atoms with Crippen LogP contribution in [0.3, 0.4) is 0 Å². The highest BCUT2D eigenvalue weighted by Crippen LogP contribution is 2.24. The molecule has 4 nitrogen and oxygen atoms in total. The molecule has 19 heavy (non-hydrogen) atoms. The normalized spacial score (nSPS) is 13.9. The number of likely N-dealkylation sites (N-methyl/N-ethyl adjacent to an activating group) is 1. The summed E-state index contributed by atoms with van der Waals surface area (Å²) in [6.07, 6.45) is 0. The van der Waals surface area contributed by atoms with Gasteiger partial charge in [-0.1, -0.05) is 36.4 Å². The fourth-order valence-corrected chi connectivity index (χ4v) is 3.57. The minimum atomic E-state index is -3.51. The van der Waals surface area contributed by atoms with Crippen molar-refractivity contribution in [2.24, 2.45) is 5.73 Å². The van der Waals surface area contributed by atoms with Gasteiger partial charge in [0, 0.05) is 25.0 Å². The third-order valence-electron chi connectivity index (χ3n) is 2.98. The van der Waals surface area contributed by atoms with Gasteiger partial charge in [-0.05, 0) is 18.4 Å². The van der Waals surface area contributed by atoms with Gasteiger partial charge in [0.1, 0.15) is 0 Å². The molecule has 0 amide bonds. The first-order valence-electron chi connectivity index (χ1n) is 6.12. The lowest BCUT2D eigenvalue weighted by atomic mass is 10.1. The summed E-state index contributed by atoms with van der Waals surface area (Å²) in [6.45, 7) is 2.08. The molecular formula is C14H18N2O2S. The molecular weight excluding hydrogens is 260 g/mol. The average Bonchev–Trinajstić information content (AvgIpc) is 2.37. The first-order chi connectivity index (χ1) is 8.93. The van der Waals surface area contributed by atoms with Crippen molar-refractivity contribution in [2.45, 2.75) is 17.9 Å². The molecule has 0 saturated heterocycles. The SMILES string of the molecule is CC(N)CN(C)S(=O)(=O)c1cccc2ccccc12. The molecule has 2 rings (SSSR count). The Morgan fingerprint density at radius 3 is 2.47 bits per heavy atom. The van der Waals surface area contributed by atoms with Crippen molar-refractivity contribution in [3.8, 4) is 0 Å². The highest BCUT2D eigenvalue weighted by molar-refractivity contribution is 7.89. The second kappa shape index (κ2) is 5.28. The first kappa shape index (κ1) is 14.0. The van der Waals surface area contributed by atoms with Gasteiger partial charge in [0.15, 0.2) is 0 Å². The lowest BCUT2D eigenvalue weighted by Crippen LogP contribution is -2.37. The second-order valence-electron chi connectivity index (χ2n) is 4.74. The number of rotatable bonds is 4. The number of fused-ring (bicyclic) bond motifs is 1. The Labute approximate surface area is 113 Å². The fraction of sp³-hybridized carbons (Fsp3) is 0.286. The van der Waals surface area contributed by atoms with Crippen molar-refractivity contribution < 1.29 is 8.42 Å². The Kier molecular flexibility index (Phi) is 3.89. The van der Waals surface area contributed by atoms with Crippen molar-refractivity contribution in [1.29, 1.82) is 0 Å². The first-order valence-corrected chi connectivity index (χ1v) is 7.56. The highest BCUT2D eigenvalue weighted by Gasteiger charge is 2.23. The largest absolute Gasteiger partial charge is 0.327 e. The molecule has 1 unspecified atom stereocenters. The van der Waals surface area contributed by atoms with Gasteiger partial charge in [-0.15, -0.1) is 0 Å². The Hall–Kier alpha value is -1.43. The van der Waals surface area contributed by atoms with Crippen molar-refractivity contribution >= 4 is 20.8 Å². The standard InChI is InChI=1S/C14H18N2O2S/c1-11(15)10-16(2)19(17,18)14-9-5-7-12-6-3-4-8-13(12)14/h3-9,11H,10,15H2,1-2H3. The molecule has 102 valence electrons. The van der Waals surface area contributed by atoms with Gasteiger partial charge in [-0.25, -0.2) is 8.42 Å². The van der Waals surface area contributed by atoms with Crippen molar-refractivity contribution in [3.63, 3.8) is 0 Å². The lowest BCUT2D eigenvalue weighted by Gasteiger charge is -2.20. The maximum Gasteiger partial charge on any atom is 0.243 e. The molecule has 2 aromatic rings. The Morgan fingerprint density at radius 1 is 1.16 bits per heavy atom. The van der Waals surface area contributed by atoms with E-state index in [9.17, 15) is 8.42 Å². The van der Waals surface area contributed by atoms with Crippen molar-refractivity contribution in [3.05, 3.63) is 42.5 Å². The zero-order valence-corrected chi connectivity index (χ0v) is 11.9. The molecule has 0 spiro atoms. The molecule has 0 aliphatic carbocycles. The van der Waals surface area contributed by atoms with Crippen LogP contribution in [0.2, 0.25) is 0 Å². The van der Waals surface area contributed by atoms with E-state index in [-0.39, 0.29) is 6.04 Å². The Bertz CT molecular complexity index is 675. The topological polar surface area (TPSA) is 63.4 Å². The van der Waals surface area contributed by atoms with Gasteiger partial charge in [0.05, 0.1) is 4.90 Å². The molecule has 5 heteroatoms. The van der Waals surface area contributed by atoms with Gasteiger partial charge in [-0.3, -0.25) is 0 Å². The van der Waals surface area contributed by atoms with Crippen molar-refractivity contribution in [2.75, 3.05) is 13.6 Å². The Balaban J connectivity index is 2.55. The van der Waals surface area contributed by atoms with E-state index in [1.54, 1.807) is 26.1 Å². The third-order valence-corrected chi connectivity index (χ3v) is 4.86. The third kappa shape index (κ3) is 2.78. The highest BCUT2D eigenvalue weighted by atomic mass is 32.2. The van der Waals surface area contributed by atoms with Crippen LogP contribution in [0.15, 0.2) is 47.4 Å². The van der Waals surface area contributed by atoms with Crippen LogP contribution in [0.1, 0.15) is 6.92 Å². The zero-order chi connectivity index (χ0) is 14.0. The summed E-state index contributed by atoms with van der Waals surface area (Å²) in [5, 5.41) is 1.65. The van der Waals surface area contributed by atoms with Gasteiger partial charge >= 0.3 is 0 Å². The number of nitrogens with two attached hydrogens (primary N) is 1. The summed E-state index contributed by atoms with van der Waals surface area (Å²) >= 11 is 0. The molecule has 0 saturated carbocycles. The number of nitrogens with zero attached hydrogens (tertiary/aromatic N) is 1. The van der Waals surface area contributed by atoms with Crippen LogP contribution in [0.4, 0.5) is 0 Å². The molecule has 1 atom stereocenters. The van der Waals surface area contributed by atoms with Crippen LogP contribution >= 0.6 is 0 Å². The van der Waals surface area contributed by atoms with E-state index in [0.29, 0.717) is 11.4 Å². The quantitative estimate of drug-likeness (QED) is 0.927. The van der Waals surface area contributed by atoms with Crippen LogP contribution in [0, 0.1) is 0 Å². The van der Waals surface area contributed by atoms with Crippen LogP contribution < -0.4 is 5.73 Å². The maximum absolute atomic E-state index is 12.6. The van der Waals surface area contributed by atoms with Crippen LogP contribution in [-0.4, -0.2) is 32.4 Å². The molecule has 2 aromatic carbocycles. The maximum atomic E-state index is 12.6. The molecule has 0 radical (unpaired) electrons. The lowest BCUT2D eigenvalue weighted by molar-refractivity contribution is 0.446. The predicted octanol–water partition coefficient (Wildman–Crippen LogP) is 1.81. The second-order valence-corrected chi connectivity index (χ2v) is 6.75. The van der Waals surface area contributed by atoms with Crippen LogP contribution in [-0.2, 0) is 10.0 Å².